The number of carboxylic acids is 1. The topological polar surface area (TPSA) is 201 Å². The number of hydrogen-bond donors (Lipinski definition) is 6. The highest BCUT2D eigenvalue weighted by Gasteiger charge is 2.33. The molecule has 3 atom stereocenters. The molecular weight excluding hydrogens is 548 g/mol. The average molecular weight is 579 g/mol. The molecule has 2 aliphatic heterocycles. The van der Waals surface area contributed by atoms with Gasteiger partial charge in [-0.1, -0.05) is 12.1 Å². The quantitative estimate of drug-likeness (QED) is 0.159. The van der Waals surface area contributed by atoms with Crippen molar-refractivity contribution in [3.8, 4) is 0 Å². The van der Waals surface area contributed by atoms with Gasteiger partial charge in [0.1, 0.15) is 11.8 Å². The summed E-state index contributed by atoms with van der Waals surface area (Å²) in [5.41, 5.74) is 2.64. The van der Waals surface area contributed by atoms with Gasteiger partial charge in [0.2, 0.25) is 5.91 Å². The van der Waals surface area contributed by atoms with Gasteiger partial charge < -0.3 is 40.4 Å². The van der Waals surface area contributed by atoms with Crippen LogP contribution in [0.1, 0.15) is 65.0 Å². The van der Waals surface area contributed by atoms with E-state index in [9.17, 15) is 34.0 Å². The van der Waals surface area contributed by atoms with Gasteiger partial charge in [0.15, 0.2) is 0 Å². The molecule has 0 bridgehead atoms. The fourth-order valence-corrected chi connectivity index (χ4v) is 4.89. The lowest BCUT2D eigenvalue weighted by Crippen LogP contribution is -2.59. The first-order chi connectivity index (χ1) is 19.9. The van der Waals surface area contributed by atoms with E-state index in [1.807, 2.05) is 0 Å². The molecular formula is C27H31B2N3O10. The van der Waals surface area contributed by atoms with Crippen LogP contribution < -0.4 is 26.9 Å². The first-order valence-corrected chi connectivity index (χ1v) is 13.4. The Kier molecular flexibility index (Phi) is 9.78. The summed E-state index contributed by atoms with van der Waals surface area (Å²) in [7, 11) is -2.36. The molecule has 2 heterocycles. The molecule has 0 aliphatic carbocycles. The zero-order valence-electron chi connectivity index (χ0n) is 23.1. The number of carboxylic acid groups (broad SMARTS) is 1. The highest BCUT2D eigenvalue weighted by atomic mass is 16.5. The molecule has 0 saturated heterocycles. The molecule has 2 aromatic carbocycles. The standard InChI is InChI=1S/C27H31B2N3O10/c1-14(33)9-20(7-8-23(34)35)31-27(38)24(32-26(37)17-4-6-19-13-42-29(40)22(19)11-17)15(2)30-25(36)16-3-5-18-12-41-28(39)21(18)10-16/h3-6,10-11,15,20,24,39-40H,7-9,12-13H2,1-2H3,(H,30,36)(H,31,38)(H,32,37)(H,34,35)/t15-,20-,24-/m0/s1. The third-order valence-corrected chi connectivity index (χ3v) is 7.16. The fourth-order valence-electron chi connectivity index (χ4n) is 4.89. The molecule has 220 valence electrons. The molecule has 0 saturated carbocycles. The minimum atomic E-state index is -1.35. The molecule has 0 unspecified atom stereocenters. The second kappa shape index (κ2) is 13.3. The van der Waals surface area contributed by atoms with E-state index in [1.54, 1.807) is 18.2 Å². The predicted octanol–water partition coefficient (Wildman–Crippen LogP) is -1.63. The van der Waals surface area contributed by atoms with Gasteiger partial charge in [-0.15, -0.1) is 0 Å². The number of amides is 3. The van der Waals surface area contributed by atoms with Crippen molar-refractivity contribution in [3.05, 3.63) is 58.7 Å². The monoisotopic (exact) mass is 579 g/mol. The van der Waals surface area contributed by atoms with Crippen LogP contribution in [0.15, 0.2) is 36.4 Å². The lowest BCUT2D eigenvalue weighted by molar-refractivity contribution is -0.137. The van der Waals surface area contributed by atoms with Crippen LogP contribution in [-0.4, -0.2) is 77.0 Å². The van der Waals surface area contributed by atoms with Crippen molar-refractivity contribution in [2.75, 3.05) is 0 Å². The van der Waals surface area contributed by atoms with Crippen molar-refractivity contribution in [2.45, 2.75) is 64.4 Å². The Balaban J connectivity index is 1.55. The molecule has 0 fully saturated rings. The zero-order valence-corrected chi connectivity index (χ0v) is 23.1. The largest absolute Gasteiger partial charge is 0.491 e. The molecule has 0 aromatic heterocycles. The number of carbonyl (C=O) groups excluding carboxylic acids is 4. The summed E-state index contributed by atoms with van der Waals surface area (Å²) < 4.78 is 10.3. The van der Waals surface area contributed by atoms with Gasteiger partial charge in [0.25, 0.3) is 11.8 Å². The number of hydrogen-bond acceptors (Lipinski definition) is 9. The first-order valence-electron chi connectivity index (χ1n) is 13.4. The first kappa shape index (κ1) is 30.9. The second-order valence-electron chi connectivity index (χ2n) is 10.4. The van der Waals surface area contributed by atoms with Crippen molar-refractivity contribution < 1.29 is 48.4 Å². The molecule has 42 heavy (non-hydrogen) atoms. The second-order valence-corrected chi connectivity index (χ2v) is 10.4. The summed E-state index contributed by atoms with van der Waals surface area (Å²) in [5, 5.41) is 37.1. The van der Waals surface area contributed by atoms with Crippen LogP contribution in [0.5, 0.6) is 0 Å². The van der Waals surface area contributed by atoms with Gasteiger partial charge in [-0.3, -0.25) is 24.0 Å². The molecule has 0 radical (unpaired) electrons. The lowest BCUT2D eigenvalue weighted by atomic mass is 9.78. The van der Waals surface area contributed by atoms with Crippen LogP contribution in [0, 0.1) is 0 Å². The molecule has 2 aliphatic rings. The van der Waals surface area contributed by atoms with Crippen LogP contribution in [0.25, 0.3) is 0 Å². The summed E-state index contributed by atoms with van der Waals surface area (Å²) in [4.78, 5) is 62.8. The summed E-state index contributed by atoms with van der Waals surface area (Å²) in [5.74, 6) is -3.37. The number of nitrogens with one attached hydrogen (secondary N) is 3. The van der Waals surface area contributed by atoms with E-state index < -0.39 is 56.1 Å². The van der Waals surface area contributed by atoms with Crippen LogP contribution in [0.3, 0.4) is 0 Å². The van der Waals surface area contributed by atoms with E-state index in [2.05, 4.69) is 16.0 Å². The minimum absolute atomic E-state index is 0.0235. The van der Waals surface area contributed by atoms with Gasteiger partial charge in [-0.2, -0.15) is 0 Å². The molecule has 6 N–H and O–H groups in total. The number of fused-ring (bicyclic) bond motifs is 2. The molecule has 2 aromatic rings. The Morgan fingerprint density at radius 1 is 0.857 bits per heavy atom. The van der Waals surface area contributed by atoms with Crippen LogP contribution >= 0.6 is 0 Å². The van der Waals surface area contributed by atoms with E-state index in [4.69, 9.17) is 14.4 Å². The number of Topliss-reactive ketones (excluding diaryl/α,β-unsaturated/α-hetero) is 1. The van der Waals surface area contributed by atoms with Crippen molar-refractivity contribution in [1.82, 2.24) is 16.0 Å². The number of rotatable bonds is 12. The summed E-state index contributed by atoms with van der Waals surface area (Å²) in [6, 6.07) is 6.10. The Morgan fingerprint density at radius 3 is 1.88 bits per heavy atom. The van der Waals surface area contributed by atoms with Crippen LogP contribution in [0.4, 0.5) is 0 Å². The molecule has 13 nitrogen and oxygen atoms in total. The number of benzene rings is 2. The van der Waals surface area contributed by atoms with E-state index in [-0.39, 0.29) is 49.4 Å². The van der Waals surface area contributed by atoms with Gasteiger partial charge in [-0.05, 0) is 66.6 Å². The maximum atomic E-state index is 13.5. The summed E-state index contributed by atoms with van der Waals surface area (Å²) in [6.45, 7) is 3.21. The van der Waals surface area contributed by atoms with Gasteiger partial charge in [0, 0.05) is 30.0 Å². The van der Waals surface area contributed by atoms with E-state index in [0.29, 0.717) is 16.5 Å². The Hall–Kier alpha value is -4.04. The molecule has 4 rings (SSSR count). The number of carbonyl (C=O) groups is 5. The van der Waals surface area contributed by atoms with E-state index >= 15 is 0 Å². The minimum Gasteiger partial charge on any atom is -0.481 e. The number of ketones is 1. The van der Waals surface area contributed by atoms with Crippen molar-refractivity contribution >= 4 is 54.6 Å². The number of aliphatic carboxylic acids is 1. The van der Waals surface area contributed by atoms with Crippen LogP contribution in [-0.2, 0) is 36.9 Å². The van der Waals surface area contributed by atoms with E-state index in [0.717, 1.165) is 5.56 Å². The Labute approximate surface area is 242 Å². The third-order valence-electron chi connectivity index (χ3n) is 7.16. The Bertz CT molecular complexity index is 1400. The van der Waals surface area contributed by atoms with Gasteiger partial charge >= 0.3 is 20.2 Å². The highest BCUT2D eigenvalue weighted by molar-refractivity contribution is 6.62. The Morgan fingerprint density at radius 2 is 1.38 bits per heavy atom. The normalized spacial score (nSPS) is 15.7. The maximum Gasteiger partial charge on any atom is 0.491 e. The van der Waals surface area contributed by atoms with Gasteiger partial charge in [0.05, 0.1) is 19.3 Å². The summed E-state index contributed by atoms with van der Waals surface area (Å²) in [6.07, 6.45) is -0.443. The van der Waals surface area contributed by atoms with Crippen LogP contribution in [0.2, 0.25) is 0 Å². The SMILES string of the molecule is CC(=O)C[C@H](CCC(=O)O)NC(=O)[C@@H](NC(=O)c1ccc2c(c1)B(O)OC2)[C@H](C)NC(=O)c1ccc2c(c1)B(O)OC2. The smallest absolute Gasteiger partial charge is 0.481 e. The zero-order chi connectivity index (χ0) is 30.6. The lowest BCUT2D eigenvalue weighted by Gasteiger charge is -2.28. The highest BCUT2D eigenvalue weighted by Crippen LogP contribution is 2.14. The van der Waals surface area contributed by atoms with Crippen molar-refractivity contribution in [3.63, 3.8) is 0 Å². The summed E-state index contributed by atoms with van der Waals surface area (Å²) >= 11 is 0. The molecule has 0 spiro atoms. The third kappa shape index (κ3) is 7.42. The van der Waals surface area contributed by atoms with Crippen molar-refractivity contribution in [2.24, 2.45) is 0 Å². The molecule has 3 amide bonds. The van der Waals surface area contributed by atoms with Crippen molar-refractivity contribution in [1.29, 1.82) is 0 Å². The average Bonchev–Trinajstić information content (AvgIpc) is 3.50. The maximum absolute atomic E-state index is 13.5. The van der Waals surface area contributed by atoms with E-state index in [1.165, 1.54) is 32.0 Å². The van der Waals surface area contributed by atoms with Gasteiger partial charge in [-0.25, -0.2) is 0 Å². The fraction of sp³-hybridized carbons (Fsp3) is 0.370. The predicted molar refractivity (Wildman–Crippen MR) is 150 cm³/mol. The molecule has 15 heteroatoms.